The van der Waals surface area contributed by atoms with Gasteiger partial charge in [-0.15, -0.1) is 0 Å². The van der Waals surface area contributed by atoms with Crippen molar-refractivity contribution in [1.82, 2.24) is 14.9 Å². The molecule has 1 N–H and O–H groups in total. The van der Waals surface area contributed by atoms with Crippen LogP contribution in [-0.2, 0) is 7.05 Å². The average Bonchev–Trinajstić information content (AvgIpc) is 2.22. The van der Waals surface area contributed by atoms with E-state index >= 15 is 0 Å². The monoisotopic (exact) mass is 208 g/mol. The van der Waals surface area contributed by atoms with Gasteiger partial charge in [-0.05, 0) is 6.92 Å². The molecule has 2 rings (SSSR count). The van der Waals surface area contributed by atoms with Crippen molar-refractivity contribution in [2.45, 2.75) is 13.0 Å². The van der Waals surface area contributed by atoms with Crippen LogP contribution >= 0.6 is 0 Å². The number of anilines is 1. The van der Waals surface area contributed by atoms with E-state index in [0.29, 0.717) is 11.9 Å². The predicted octanol–water partition coefficient (Wildman–Crippen LogP) is -0.422. The number of nitrogens with zero attached hydrogens (tertiary/aromatic N) is 3. The zero-order valence-corrected chi connectivity index (χ0v) is 9.10. The van der Waals surface area contributed by atoms with Crippen LogP contribution in [0.2, 0.25) is 0 Å². The van der Waals surface area contributed by atoms with Gasteiger partial charge in [-0.3, -0.25) is 4.79 Å². The molecule has 1 aromatic rings. The van der Waals surface area contributed by atoms with Crippen molar-refractivity contribution < 1.29 is 0 Å². The summed E-state index contributed by atoms with van der Waals surface area (Å²) in [5.41, 5.74) is -0.0217. The van der Waals surface area contributed by atoms with Crippen LogP contribution in [0.15, 0.2) is 17.2 Å². The minimum absolute atomic E-state index is 0.0217. The van der Waals surface area contributed by atoms with Crippen molar-refractivity contribution in [2.24, 2.45) is 7.05 Å². The highest BCUT2D eigenvalue weighted by molar-refractivity contribution is 5.36. The standard InChI is InChI=1S/C10H16N4O/c1-8-7-14(6-4-11-8)9-10(15)13(2)5-3-12-9/h3,5,8,11H,4,6-7H2,1-2H3/t8-/m1/s1. The summed E-state index contributed by atoms with van der Waals surface area (Å²) in [5, 5.41) is 3.34. The Morgan fingerprint density at radius 2 is 2.40 bits per heavy atom. The molecule has 0 aliphatic carbocycles. The summed E-state index contributed by atoms with van der Waals surface area (Å²) < 4.78 is 1.56. The van der Waals surface area contributed by atoms with Crippen LogP contribution in [-0.4, -0.2) is 35.2 Å². The lowest BCUT2D eigenvalue weighted by molar-refractivity contribution is 0.480. The van der Waals surface area contributed by atoms with Crippen LogP contribution in [0.5, 0.6) is 0 Å². The number of hydrogen-bond donors (Lipinski definition) is 1. The Bertz CT molecular complexity index is 401. The first-order valence-electron chi connectivity index (χ1n) is 5.18. The maximum atomic E-state index is 11.8. The van der Waals surface area contributed by atoms with E-state index in [1.54, 1.807) is 24.0 Å². The zero-order chi connectivity index (χ0) is 10.8. The van der Waals surface area contributed by atoms with Gasteiger partial charge in [0.1, 0.15) is 0 Å². The fourth-order valence-corrected chi connectivity index (χ4v) is 1.83. The molecule has 0 unspecified atom stereocenters. The molecular formula is C10H16N4O. The molecule has 1 atom stereocenters. The van der Waals surface area contributed by atoms with Gasteiger partial charge < -0.3 is 14.8 Å². The summed E-state index contributed by atoms with van der Waals surface area (Å²) in [6.45, 7) is 4.70. The molecular weight excluding hydrogens is 192 g/mol. The number of hydrogen-bond acceptors (Lipinski definition) is 4. The van der Waals surface area contributed by atoms with Gasteiger partial charge in [-0.2, -0.15) is 0 Å². The molecule has 2 heterocycles. The summed E-state index contributed by atoms with van der Waals surface area (Å²) in [6.07, 6.45) is 3.35. The SMILES string of the molecule is C[C@@H]1CN(c2nccn(C)c2=O)CCN1. The molecule has 1 fully saturated rings. The Morgan fingerprint density at radius 3 is 3.13 bits per heavy atom. The topological polar surface area (TPSA) is 50.2 Å². The van der Waals surface area contributed by atoms with E-state index in [0.717, 1.165) is 19.6 Å². The molecule has 82 valence electrons. The maximum absolute atomic E-state index is 11.8. The number of aromatic nitrogens is 2. The van der Waals surface area contributed by atoms with Gasteiger partial charge >= 0.3 is 0 Å². The summed E-state index contributed by atoms with van der Waals surface area (Å²) in [4.78, 5) is 18.0. The molecule has 1 aliphatic rings. The third-order valence-electron chi connectivity index (χ3n) is 2.67. The van der Waals surface area contributed by atoms with E-state index in [1.807, 2.05) is 4.90 Å². The zero-order valence-electron chi connectivity index (χ0n) is 9.10. The Hall–Kier alpha value is -1.36. The quantitative estimate of drug-likeness (QED) is 0.681. The molecule has 0 aromatic carbocycles. The van der Waals surface area contributed by atoms with Crippen LogP contribution in [0, 0.1) is 0 Å². The fourth-order valence-electron chi connectivity index (χ4n) is 1.83. The molecule has 5 nitrogen and oxygen atoms in total. The van der Waals surface area contributed by atoms with E-state index in [2.05, 4.69) is 17.2 Å². The third kappa shape index (κ3) is 2.02. The lowest BCUT2D eigenvalue weighted by Crippen LogP contribution is -2.51. The number of aryl methyl sites for hydroxylation is 1. The van der Waals surface area contributed by atoms with Crippen LogP contribution in [0.3, 0.4) is 0 Å². The van der Waals surface area contributed by atoms with Gasteiger partial charge in [0.05, 0.1) is 0 Å². The van der Waals surface area contributed by atoms with E-state index in [9.17, 15) is 4.79 Å². The normalized spacial score (nSPS) is 21.7. The van der Waals surface area contributed by atoms with Gasteiger partial charge in [-0.25, -0.2) is 4.98 Å². The molecule has 0 bridgehead atoms. The number of piperazine rings is 1. The van der Waals surface area contributed by atoms with Crippen molar-refractivity contribution in [3.05, 3.63) is 22.7 Å². The lowest BCUT2D eigenvalue weighted by Gasteiger charge is -2.32. The smallest absolute Gasteiger partial charge is 0.293 e. The summed E-state index contributed by atoms with van der Waals surface area (Å²) in [6, 6.07) is 0.408. The molecule has 5 heteroatoms. The second kappa shape index (κ2) is 4.02. The second-order valence-electron chi connectivity index (χ2n) is 3.97. The van der Waals surface area contributed by atoms with Gasteiger partial charge in [-0.1, -0.05) is 0 Å². The lowest BCUT2D eigenvalue weighted by atomic mass is 10.2. The average molecular weight is 208 g/mol. The number of rotatable bonds is 1. The van der Waals surface area contributed by atoms with Crippen molar-refractivity contribution in [3.8, 4) is 0 Å². The molecule has 1 aliphatic heterocycles. The molecule has 1 aromatic heterocycles. The van der Waals surface area contributed by atoms with E-state index in [1.165, 1.54) is 0 Å². The Kier molecular flexibility index (Phi) is 2.73. The Balaban J connectivity index is 2.29. The van der Waals surface area contributed by atoms with E-state index in [4.69, 9.17) is 0 Å². The maximum Gasteiger partial charge on any atom is 0.293 e. The highest BCUT2D eigenvalue weighted by Gasteiger charge is 2.19. The summed E-state index contributed by atoms with van der Waals surface area (Å²) >= 11 is 0. The second-order valence-corrected chi connectivity index (χ2v) is 3.97. The van der Waals surface area contributed by atoms with Gasteiger partial charge in [0, 0.05) is 45.1 Å². The molecule has 0 spiro atoms. The molecule has 0 saturated carbocycles. The molecule has 0 amide bonds. The number of nitrogens with one attached hydrogen (secondary N) is 1. The predicted molar refractivity (Wildman–Crippen MR) is 59.2 cm³/mol. The van der Waals surface area contributed by atoms with Crippen LogP contribution in [0.25, 0.3) is 0 Å². The third-order valence-corrected chi connectivity index (χ3v) is 2.67. The molecule has 0 radical (unpaired) electrons. The van der Waals surface area contributed by atoms with Crippen molar-refractivity contribution in [3.63, 3.8) is 0 Å². The Morgan fingerprint density at radius 1 is 1.60 bits per heavy atom. The van der Waals surface area contributed by atoms with Crippen LogP contribution in [0.4, 0.5) is 5.82 Å². The largest absolute Gasteiger partial charge is 0.349 e. The van der Waals surface area contributed by atoms with Gasteiger partial charge in [0.25, 0.3) is 5.56 Å². The van der Waals surface area contributed by atoms with Gasteiger partial charge in [0.15, 0.2) is 5.82 Å². The minimum atomic E-state index is -0.0217. The van der Waals surface area contributed by atoms with Crippen molar-refractivity contribution in [1.29, 1.82) is 0 Å². The highest BCUT2D eigenvalue weighted by Crippen LogP contribution is 2.06. The first kappa shape index (κ1) is 10.2. The summed E-state index contributed by atoms with van der Waals surface area (Å²) in [5.74, 6) is 0.563. The van der Waals surface area contributed by atoms with E-state index in [-0.39, 0.29) is 5.56 Å². The first-order chi connectivity index (χ1) is 7.18. The fraction of sp³-hybridized carbons (Fsp3) is 0.600. The Labute approximate surface area is 88.7 Å². The highest BCUT2D eigenvalue weighted by atomic mass is 16.1. The molecule has 15 heavy (non-hydrogen) atoms. The van der Waals surface area contributed by atoms with Crippen LogP contribution < -0.4 is 15.8 Å². The van der Waals surface area contributed by atoms with Crippen molar-refractivity contribution in [2.75, 3.05) is 24.5 Å². The molecule has 1 saturated heterocycles. The minimum Gasteiger partial charge on any atom is -0.349 e. The van der Waals surface area contributed by atoms with Crippen LogP contribution in [0.1, 0.15) is 6.92 Å². The first-order valence-corrected chi connectivity index (χ1v) is 5.18. The van der Waals surface area contributed by atoms with Crippen molar-refractivity contribution >= 4 is 5.82 Å². The van der Waals surface area contributed by atoms with Gasteiger partial charge in [0.2, 0.25) is 0 Å². The summed E-state index contributed by atoms with van der Waals surface area (Å²) in [7, 11) is 1.75. The van der Waals surface area contributed by atoms with E-state index < -0.39 is 0 Å².